The molecule has 1 aliphatic heterocycles. The van der Waals surface area contributed by atoms with Crippen LogP contribution in [-0.4, -0.2) is 6.54 Å². The molecule has 1 nitrogen and oxygen atoms in total. The van der Waals surface area contributed by atoms with Gasteiger partial charge in [0.1, 0.15) is 0 Å². The smallest absolute Gasteiger partial charge is 0.0179 e. The lowest BCUT2D eigenvalue weighted by Crippen LogP contribution is -2.05. The third-order valence-electron chi connectivity index (χ3n) is 1.27. The number of nitrogens with one attached hydrogen (secondary N) is 1. The number of rotatable bonds is 1. The van der Waals surface area contributed by atoms with E-state index in [-0.39, 0.29) is 0 Å². The molecule has 1 aliphatic rings. The van der Waals surface area contributed by atoms with Crippen LogP contribution in [0.5, 0.6) is 0 Å². The van der Waals surface area contributed by atoms with Gasteiger partial charge in [0, 0.05) is 12.2 Å². The van der Waals surface area contributed by atoms with Crippen LogP contribution in [0.3, 0.4) is 0 Å². The summed E-state index contributed by atoms with van der Waals surface area (Å²) in [6, 6.07) is 0. The Bertz CT molecular complexity index is 84.2. The lowest BCUT2D eigenvalue weighted by atomic mass is 10.3. The fourth-order valence-corrected chi connectivity index (χ4v) is 0.821. The van der Waals surface area contributed by atoms with Crippen LogP contribution in [0.15, 0.2) is 11.8 Å². The van der Waals surface area contributed by atoms with E-state index in [1.165, 1.54) is 18.5 Å². The molecule has 0 saturated carbocycles. The Morgan fingerprint density at radius 2 is 2.71 bits per heavy atom. The van der Waals surface area contributed by atoms with Gasteiger partial charge in [-0.25, -0.2) is 0 Å². The Kier molecular flexibility index (Phi) is 1.35. The summed E-state index contributed by atoms with van der Waals surface area (Å²) in [5, 5.41) is 3.27. The molecule has 1 N–H and O–H groups in total. The first-order valence-electron chi connectivity index (χ1n) is 2.86. The summed E-state index contributed by atoms with van der Waals surface area (Å²) in [4.78, 5) is 0. The van der Waals surface area contributed by atoms with E-state index >= 15 is 0 Å². The van der Waals surface area contributed by atoms with Gasteiger partial charge >= 0.3 is 0 Å². The minimum Gasteiger partial charge on any atom is -0.388 e. The predicted molar refractivity (Wildman–Crippen MR) is 31.0 cm³/mol. The highest BCUT2D eigenvalue weighted by Gasteiger charge is 1.96. The van der Waals surface area contributed by atoms with Gasteiger partial charge in [-0.1, -0.05) is 13.0 Å². The Morgan fingerprint density at radius 3 is 3.00 bits per heavy atom. The van der Waals surface area contributed by atoms with Gasteiger partial charge in [0.05, 0.1) is 0 Å². The van der Waals surface area contributed by atoms with Gasteiger partial charge in [0.2, 0.25) is 0 Å². The Labute approximate surface area is 44.4 Å². The van der Waals surface area contributed by atoms with Crippen LogP contribution in [-0.2, 0) is 0 Å². The first-order valence-corrected chi connectivity index (χ1v) is 2.86. The molecule has 0 spiro atoms. The minimum absolute atomic E-state index is 1.16. The molecule has 0 unspecified atom stereocenters. The van der Waals surface area contributed by atoms with Crippen LogP contribution in [0.2, 0.25) is 0 Å². The van der Waals surface area contributed by atoms with Crippen molar-refractivity contribution in [3.63, 3.8) is 0 Å². The van der Waals surface area contributed by atoms with E-state index in [1.807, 2.05) is 0 Å². The third kappa shape index (κ3) is 0.952. The zero-order valence-corrected chi connectivity index (χ0v) is 4.70. The lowest BCUT2D eigenvalue weighted by molar-refractivity contribution is 0.837. The Balaban J connectivity index is 2.36. The highest BCUT2D eigenvalue weighted by molar-refractivity contribution is 5.04. The van der Waals surface area contributed by atoms with Crippen molar-refractivity contribution in [3.05, 3.63) is 11.8 Å². The van der Waals surface area contributed by atoms with Crippen molar-refractivity contribution in [3.8, 4) is 0 Å². The lowest BCUT2D eigenvalue weighted by Gasteiger charge is -1.95. The van der Waals surface area contributed by atoms with Gasteiger partial charge in [0.15, 0.2) is 0 Å². The van der Waals surface area contributed by atoms with Gasteiger partial charge in [-0.2, -0.15) is 0 Å². The maximum absolute atomic E-state index is 3.27. The Morgan fingerprint density at radius 1 is 1.86 bits per heavy atom. The van der Waals surface area contributed by atoms with Gasteiger partial charge in [-0.3, -0.25) is 0 Å². The minimum atomic E-state index is 1.16. The van der Waals surface area contributed by atoms with E-state index in [9.17, 15) is 0 Å². The van der Waals surface area contributed by atoms with Crippen molar-refractivity contribution in [1.29, 1.82) is 0 Å². The third-order valence-corrected chi connectivity index (χ3v) is 1.27. The van der Waals surface area contributed by atoms with E-state index in [1.54, 1.807) is 0 Å². The topological polar surface area (TPSA) is 12.0 Å². The average Bonchev–Trinajstić information content (AvgIpc) is 2.14. The largest absolute Gasteiger partial charge is 0.388 e. The molecule has 1 rings (SSSR count). The molecule has 0 atom stereocenters. The quantitative estimate of drug-likeness (QED) is 0.519. The van der Waals surface area contributed by atoms with Crippen molar-refractivity contribution < 1.29 is 0 Å². The van der Waals surface area contributed by atoms with Gasteiger partial charge in [0.25, 0.3) is 0 Å². The van der Waals surface area contributed by atoms with Crippen molar-refractivity contribution in [1.82, 2.24) is 5.32 Å². The monoisotopic (exact) mass is 97.1 g/mol. The first kappa shape index (κ1) is 4.69. The summed E-state index contributed by atoms with van der Waals surface area (Å²) in [7, 11) is 0. The predicted octanol–water partition coefficient (Wildman–Crippen LogP) is 1.27. The highest BCUT2D eigenvalue weighted by atomic mass is 14.9. The summed E-state index contributed by atoms with van der Waals surface area (Å²) >= 11 is 0. The fraction of sp³-hybridized carbons (Fsp3) is 0.667. The molecule has 0 aromatic heterocycles. The second-order valence-electron chi connectivity index (χ2n) is 1.80. The Hall–Kier alpha value is -0.460. The van der Waals surface area contributed by atoms with Gasteiger partial charge in [-0.15, -0.1) is 0 Å². The van der Waals surface area contributed by atoms with E-state index in [2.05, 4.69) is 18.3 Å². The SMILES string of the molecule is CCC1=CCCN1. The van der Waals surface area contributed by atoms with Gasteiger partial charge < -0.3 is 5.32 Å². The van der Waals surface area contributed by atoms with Gasteiger partial charge in [-0.05, 0) is 12.8 Å². The molecule has 7 heavy (non-hydrogen) atoms. The highest BCUT2D eigenvalue weighted by Crippen LogP contribution is 2.02. The maximum Gasteiger partial charge on any atom is 0.0179 e. The summed E-state index contributed by atoms with van der Waals surface area (Å²) < 4.78 is 0. The molecule has 0 aromatic carbocycles. The van der Waals surface area contributed by atoms with E-state index in [0.717, 1.165) is 6.54 Å². The summed E-state index contributed by atoms with van der Waals surface area (Å²) in [5.74, 6) is 0. The zero-order chi connectivity index (χ0) is 5.11. The van der Waals surface area contributed by atoms with E-state index in [4.69, 9.17) is 0 Å². The normalized spacial score (nSPS) is 18.7. The van der Waals surface area contributed by atoms with Crippen molar-refractivity contribution in [2.75, 3.05) is 6.54 Å². The molecule has 0 bridgehead atoms. The molecule has 1 heterocycles. The van der Waals surface area contributed by atoms with Crippen LogP contribution < -0.4 is 5.32 Å². The molecule has 0 aliphatic carbocycles. The number of hydrogen-bond donors (Lipinski definition) is 1. The summed E-state index contributed by atoms with van der Waals surface area (Å²) in [5.41, 5.74) is 1.42. The number of allylic oxidation sites excluding steroid dienone is 1. The molecule has 0 aromatic rings. The average molecular weight is 97.2 g/mol. The molecule has 0 amide bonds. The second kappa shape index (κ2) is 2.01. The molecule has 40 valence electrons. The fourth-order valence-electron chi connectivity index (χ4n) is 0.821. The van der Waals surface area contributed by atoms with E-state index < -0.39 is 0 Å². The molecule has 0 saturated heterocycles. The van der Waals surface area contributed by atoms with Crippen LogP contribution >= 0.6 is 0 Å². The van der Waals surface area contributed by atoms with E-state index in [0.29, 0.717) is 0 Å². The van der Waals surface area contributed by atoms with Crippen LogP contribution in [0.1, 0.15) is 19.8 Å². The molecular weight excluding hydrogens is 86.1 g/mol. The molecule has 0 radical (unpaired) electrons. The van der Waals surface area contributed by atoms with Crippen LogP contribution in [0, 0.1) is 0 Å². The standard InChI is InChI=1S/C6H11N/c1-2-6-4-3-5-7-6/h4,7H,2-3,5H2,1H3. The molecular formula is C6H11N. The first-order chi connectivity index (χ1) is 3.43. The second-order valence-corrected chi connectivity index (χ2v) is 1.80. The zero-order valence-electron chi connectivity index (χ0n) is 4.70. The van der Waals surface area contributed by atoms with Crippen molar-refractivity contribution >= 4 is 0 Å². The summed E-state index contributed by atoms with van der Waals surface area (Å²) in [6.07, 6.45) is 4.66. The van der Waals surface area contributed by atoms with Crippen LogP contribution in [0.25, 0.3) is 0 Å². The summed E-state index contributed by atoms with van der Waals surface area (Å²) in [6.45, 7) is 3.33. The van der Waals surface area contributed by atoms with Crippen molar-refractivity contribution in [2.45, 2.75) is 19.8 Å². The maximum atomic E-state index is 3.27. The number of hydrogen-bond acceptors (Lipinski definition) is 1. The van der Waals surface area contributed by atoms with Crippen molar-refractivity contribution in [2.24, 2.45) is 0 Å². The van der Waals surface area contributed by atoms with Crippen LogP contribution in [0.4, 0.5) is 0 Å². The molecule has 0 fully saturated rings. The molecule has 1 heteroatoms.